The number of aromatic nitrogens is 1. The first kappa shape index (κ1) is 6.40. The van der Waals surface area contributed by atoms with Gasteiger partial charge in [0.1, 0.15) is 13.6 Å². The predicted octanol–water partition coefficient (Wildman–Crippen LogP) is 0.421. The summed E-state index contributed by atoms with van der Waals surface area (Å²) in [4.78, 5) is 0. The van der Waals surface area contributed by atoms with Crippen LogP contribution >= 0.6 is 0 Å². The lowest BCUT2D eigenvalue weighted by Crippen LogP contribution is -2.04. The van der Waals surface area contributed by atoms with Crippen LogP contribution < -0.4 is 5.46 Å². The monoisotopic (exact) mass is 121 g/mol. The summed E-state index contributed by atoms with van der Waals surface area (Å²) in [6.07, 6.45) is 3.45. The Hall–Kier alpha value is -0.725. The van der Waals surface area contributed by atoms with Crippen LogP contribution in [0.1, 0.15) is 19.1 Å². The Kier molecular flexibility index (Phi) is 1.93. The van der Waals surface area contributed by atoms with Gasteiger partial charge in [-0.15, -0.1) is 0 Å². The summed E-state index contributed by atoms with van der Waals surface area (Å²) >= 11 is 0. The Morgan fingerprint density at radius 1 is 1.78 bits per heavy atom. The third kappa shape index (κ3) is 1.34. The first-order chi connectivity index (χ1) is 4.34. The third-order valence-corrected chi connectivity index (χ3v) is 1.15. The normalized spacial score (nSPS) is 9.89. The van der Waals surface area contributed by atoms with Crippen molar-refractivity contribution in [2.45, 2.75) is 19.8 Å². The highest BCUT2D eigenvalue weighted by atomic mass is 16.5. The van der Waals surface area contributed by atoms with E-state index in [-0.39, 0.29) is 0 Å². The van der Waals surface area contributed by atoms with E-state index in [1.54, 1.807) is 0 Å². The van der Waals surface area contributed by atoms with Crippen LogP contribution in [-0.4, -0.2) is 13.0 Å². The van der Waals surface area contributed by atoms with Gasteiger partial charge in [0.15, 0.2) is 0 Å². The largest absolute Gasteiger partial charge is 0.362 e. The molecule has 2 nitrogen and oxygen atoms in total. The molecule has 0 N–H and O–H groups in total. The van der Waals surface area contributed by atoms with Gasteiger partial charge in [-0.2, -0.15) is 0 Å². The molecule has 0 saturated carbocycles. The molecule has 46 valence electrons. The van der Waals surface area contributed by atoms with Gasteiger partial charge in [-0.25, -0.2) is 0 Å². The number of rotatable bonds is 2. The lowest BCUT2D eigenvalue weighted by atomic mass is 9.96. The number of nitrogens with zero attached hydrogens (tertiary/aromatic N) is 1. The van der Waals surface area contributed by atoms with Gasteiger partial charge in [0.25, 0.3) is 0 Å². The van der Waals surface area contributed by atoms with Crippen LogP contribution in [0, 0.1) is 0 Å². The van der Waals surface area contributed by atoms with Crippen molar-refractivity contribution in [2.75, 3.05) is 0 Å². The first-order valence-corrected chi connectivity index (χ1v) is 3.03. The molecule has 1 aromatic rings. The van der Waals surface area contributed by atoms with Crippen LogP contribution in [0.25, 0.3) is 0 Å². The van der Waals surface area contributed by atoms with E-state index in [2.05, 4.69) is 12.1 Å². The van der Waals surface area contributed by atoms with Crippen molar-refractivity contribution in [2.24, 2.45) is 0 Å². The molecule has 0 atom stereocenters. The number of aryl methyl sites for hydroxylation is 1. The van der Waals surface area contributed by atoms with Crippen molar-refractivity contribution in [3.8, 4) is 0 Å². The van der Waals surface area contributed by atoms with Gasteiger partial charge in [-0.3, -0.25) is 0 Å². The van der Waals surface area contributed by atoms with E-state index in [1.165, 1.54) is 6.20 Å². The van der Waals surface area contributed by atoms with Crippen LogP contribution in [0.4, 0.5) is 0 Å². The van der Waals surface area contributed by atoms with Crippen molar-refractivity contribution < 1.29 is 4.52 Å². The fraction of sp³-hybridized carbons (Fsp3) is 0.500. The molecule has 0 fully saturated rings. The zero-order chi connectivity index (χ0) is 6.69. The number of hydrogen-bond acceptors (Lipinski definition) is 2. The minimum atomic E-state index is 0.664. The second kappa shape index (κ2) is 2.71. The molecule has 1 heterocycles. The Bertz CT molecular complexity index is 185. The molecule has 0 spiro atoms. The molecule has 9 heavy (non-hydrogen) atoms. The predicted molar refractivity (Wildman–Crippen MR) is 35.9 cm³/mol. The molecule has 3 heteroatoms. The smallest absolute Gasteiger partial charge is 0.129 e. The van der Waals surface area contributed by atoms with Crippen LogP contribution in [0.2, 0.25) is 0 Å². The number of hydrogen-bond donors (Lipinski definition) is 0. The van der Waals surface area contributed by atoms with Gasteiger partial charge < -0.3 is 4.52 Å². The maximum Gasteiger partial charge on any atom is 0.129 e. The Balaban J connectivity index is 2.69. The van der Waals surface area contributed by atoms with Gasteiger partial charge in [0, 0.05) is 6.42 Å². The van der Waals surface area contributed by atoms with E-state index < -0.39 is 0 Å². The molecule has 1 aromatic heterocycles. The average molecular weight is 121 g/mol. The maximum absolute atomic E-state index is 5.47. The maximum atomic E-state index is 5.47. The molecule has 0 unspecified atom stereocenters. The van der Waals surface area contributed by atoms with Crippen LogP contribution in [0.5, 0.6) is 0 Å². The fourth-order valence-electron chi connectivity index (χ4n) is 0.688. The van der Waals surface area contributed by atoms with E-state index in [9.17, 15) is 0 Å². The summed E-state index contributed by atoms with van der Waals surface area (Å²) in [5, 5.41) is 3.54. The molecule has 0 amide bonds. The van der Waals surface area contributed by atoms with Crippen molar-refractivity contribution >= 4 is 13.3 Å². The van der Waals surface area contributed by atoms with Crippen molar-refractivity contribution in [1.29, 1.82) is 0 Å². The van der Waals surface area contributed by atoms with Gasteiger partial charge in [-0.05, 0) is 11.9 Å². The minimum Gasteiger partial charge on any atom is -0.362 e. The Morgan fingerprint density at radius 2 is 2.56 bits per heavy atom. The van der Waals surface area contributed by atoms with Crippen LogP contribution in [0.15, 0.2) is 10.7 Å². The van der Waals surface area contributed by atoms with Gasteiger partial charge in [-0.1, -0.05) is 12.1 Å². The molecule has 2 radical (unpaired) electrons. The molecule has 0 aliphatic heterocycles. The molecule has 0 bridgehead atoms. The third-order valence-electron chi connectivity index (χ3n) is 1.15. The Morgan fingerprint density at radius 3 is 3.00 bits per heavy atom. The summed E-state index contributed by atoms with van der Waals surface area (Å²) in [7, 11) is 5.47. The highest BCUT2D eigenvalue weighted by Gasteiger charge is 1.98. The molecule has 0 aliphatic rings. The topological polar surface area (TPSA) is 26.0 Å². The standard InChI is InChI=1S/C6H8BNO/c1-2-3-6-5(7)4-8-9-6/h4H,2-3H2,1H3. The van der Waals surface area contributed by atoms with E-state index >= 15 is 0 Å². The van der Waals surface area contributed by atoms with Crippen LogP contribution in [-0.2, 0) is 6.42 Å². The van der Waals surface area contributed by atoms with Crippen molar-refractivity contribution in [3.05, 3.63) is 12.0 Å². The average Bonchev–Trinajstić information content (AvgIpc) is 2.18. The highest BCUT2D eigenvalue weighted by Crippen LogP contribution is 1.95. The van der Waals surface area contributed by atoms with Gasteiger partial charge in [0.05, 0.1) is 6.20 Å². The summed E-state index contributed by atoms with van der Waals surface area (Å²) in [5.41, 5.74) is 0.664. The zero-order valence-electron chi connectivity index (χ0n) is 5.42. The van der Waals surface area contributed by atoms with Gasteiger partial charge >= 0.3 is 0 Å². The fourth-order valence-corrected chi connectivity index (χ4v) is 0.688. The SMILES string of the molecule is [B]c1cnoc1CCC. The second-order valence-corrected chi connectivity index (χ2v) is 1.95. The van der Waals surface area contributed by atoms with Gasteiger partial charge in [0.2, 0.25) is 0 Å². The van der Waals surface area contributed by atoms with Crippen LogP contribution in [0.3, 0.4) is 0 Å². The summed E-state index contributed by atoms with van der Waals surface area (Å²) < 4.78 is 4.83. The summed E-state index contributed by atoms with van der Waals surface area (Å²) in [5.74, 6) is 0.803. The van der Waals surface area contributed by atoms with E-state index in [0.717, 1.165) is 18.6 Å². The zero-order valence-corrected chi connectivity index (χ0v) is 5.42. The van der Waals surface area contributed by atoms with Crippen molar-refractivity contribution in [3.63, 3.8) is 0 Å². The summed E-state index contributed by atoms with van der Waals surface area (Å²) in [6.45, 7) is 2.07. The molecule has 0 saturated heterocycles. The lowest BCUT2D eigenvalue weighted by Gasteiger charge is -1.89. The molecule has 1 rings (SSSR count). The van der Waals surface area contributed by atoms with E-state index in [0.29, 0.717) is 5.46 Å². The van der Waals surface area contributed by atoms with E-state index in [1.807, 2.05) is 0 Å². The quantitative estimate of drug-likeness (QED) is 0.530. The highest BCUT2D eigenvalue weighted by molar-refractivity contribution is 6.32. The van der Waals surface area contributed by atoms with E-state index in [4.69, 9.17) is 12.4 Å². The molecule has 0 aromatic carbocycles. The first-order valence-electron chi connectivity index (χ1n) is 3.03. The minimum absolute atomic E-state index is 0.664. The Labute approximate surface area is 55.6 Å². The molecular formula is C6H8BNO. The second-order valence-electron chi connectivity index (χ2n) is 1.95. The summed E-state index contributed by atoms with van der Waals surface area (Å²) in [6, 6.07) is 0. The van der Waals surface area contributed by atoms with Crippen molar-refractivity contribution in [1.82, 2.24) is 5.16 Å². The lowest BCUT2D eigenvalue weighted by molar-refractivity contribution is 0.383. The molecule has 0 aliphatic carbocycles. The molecular weight excluding hydrogens is 113 g/mol.